The summed E-state index contributed by atoms with van der Waals surface area (Å²) in [5.74, 6) is -0.743. The highest BCUT2D eigenvalue weighted by molar-refractivity contribution is 7.13. The fourth-order valence-electron chi connectivity index (χ4n) is 2.06. The van der Waals surface area contributed by atoms with E-state index in [0.29, 0.717) is 11.3 Å². The molecular formula is C17H12FNOS. The highest BCUT2D eigenvalue weighted by Crippen LogP contribution is 2.31. The van der Waals surface area contributed by atoms with Crippen LogP contribution >= 0.6 is 11.3 Å². The molecule has 2 aromatic carbocycles. The molecule has 0 saturated heterocycles. The number of amides is 1. The minimum atomic E-state index is -0.422. The summed E-state index contributed by atoms with van der Waals surface area (Å²) in [5.41, 5.74) is 1.97. The van der Waals surface area contributed by atoms with Crippen LogP contribution in [0, 0.1) is 5.82 Å². The van der Waals surface area contributed by atoms with Gasteiger partial charge in [0.2, 0.25) is 0 Å². The molecule has 3 rings (SSSR count). The van der Waals surface area contributed by atoms with Crippen LogP contribution in [0.4, 0.5) is 10.1 Å². The zero-order valence-corrected chi connectivity index (χ0v) is 11.9. The van der Waals surface area contributed by atoms with Crippen molar-refractivity contribution < 1.29 is 9.18 Å². The van der Waals surface area contributed by atoms with E-state index in [4.69, 9.17) is 0 Å². The molecule has 3 aromatic rings. The number of benzene rings is 2. The molecule has 1 aromatic heterocycles. The SMILES string of the molecule is O=C(Nc1ccccc1-c1cccs1)c1cccc(F)c1. The summed E-state index contributed by atoms with van der Waals surface area (Å²) in [5, 5.41) is 4.83. The molecule has 4 heteroatoms. The van der Waals surface area contributed by atoms with Crippen LogP contribution < -0.4 is 5.32 Å². The predicted molar refractivity (Wildman–Crippen MR) is 84.1 cm³/mol. The number of nitrogens with one attached hydrogen (secondary N) is 1. The minimum Gasteiger partial charge on any atom is -0.321 e. The number of carbonyl (C=O) groups is 1. The van der Waals surface area contributed by atoms with Crippen molar-refractivity contribution in [3.05, 3.63) is 77.4 Å². The molecule has 104 valence electrons. The number of hydrogen-bond donors (Lipinski definition) is 1. The fraction of sp³-hybridized carbons (Fsp3) is 0. The standard InChI is InChI=1S/C17H12FNOS/c18-13-6-3-5-12(11-13)17(20)19-15-8-2-1-7-14(15)16-9-4-10-21-16/h1-11H,(H,19,20). The van der Waals surface area contributed by atoms with Gasteiger partial charge < -0.3 is 5.32 Å². The molecule has 0 atom stereocenters. The first kappa shape index (κ1) is 13.5. The van der Waals surface area contributed by atoms with Crippen LogP contribution in [0.25, 0.3) is 10.4 Å². The smallest absolute Gasteiger partial charge is 0.255 e. The zero-order valence-electron chi connectivity index (χ0n) is 11.0. The van der Waals surface area contributed by atoms with Crippen molar-refractivity contribution in [3.63, 3.8) is 0 Å². The van der Waals surface area contributed by atoms with Crippen LogP contribution in [0.2, 0.25) is 0 Å². The Balaban J connectivity index is 1.90. The lowest BCUT2D eigenvalue weighted by atomic mass is 10.1. The molecular weight excluding hydrogens is 285 g/mol. The van der Waals surface area contributed by atoms with Crippen molar-refractivity contribution in [1.29, 1.82) is 0 Å². The molecule has 2 nitrogen and oxygen atoms in total. The van der Waals surface area contributed by atoms with E-state index >= 15 is 0 Å². The van der Waals surface area contributed by atoms with E-state index in [-0.39, 0.29) is 5.91 Å². The lowest BCUT2D eigenvalue weighted by Gasteiger charge is -2.10. The molecule has 1 N–H and O–H groups in total. The second kappa shape index (κ2) is 5.89. The van der Waals surface area contributed by atoms with E-state index < -0.39 is 5.82 Å². The maximum atomic E-state index is 13.2. The van der Waals surface area contributed by atoms with Gasteiger partial charge in [0.05, 0.1) is 0 Å². The van der Waals surface area contributed by atoms with Crippen LogP contribution in [-0.2, 0) is 0 Å². The molecule has 21 heavy (non-hydrogen) atoms. The minimum absolute atomic E-state index is 0.302. The van der Waals surface area contributed by atoms with Crippen LogP contribution in [0.1, 0.15) is 10.4 Å². The molecule has 1 amide bonds. The van der Waals surface area contributed by atoms with Gasteiger partial charge in [-0.3, -0.25) is 4.79 Å². The van der Waals surface area contributed by atoms with E-state index in [2.05, 4.69) is 5.32 Å². The molecule has 0 bridgehead atoms. The van der Waals surface area contributed by atoms with E-state index in [9.17, 15) is 9.18 Å². The number of rotatable bonds is 3. The maximum absolute atomic E-state index is 13.2. The molecule has 0 aliphatic carbocycles. The summed E-state index contributed by atoms with van der Waals surface area (Å²) in [7, 11) is 0. The third-order valence-corrected chi connectivity index (χ3v) is 3.95. The summed E-state index contributed by atoms with van der Waals surface area (Å²) in [6, 6.07) is 17.2. The van der Waals surface area contributed by atoms with Crippen molar-refractivity contribution in [2.45, 2.75) is 0 Å². The first-order valence-electron chi connectivity index (χ1n) is 6.44. The van der Waals surface area contributed by atoms with Gasteiger partial charge in [-0.25, -0.2) is 4.39 Å². The summed E-state index contributed by atoms with van der Waals surface area (Å²) < 4.78 is 13.2. The topological polar surface area (TPSA) is 29.1 Å². The van der Waals surface area contributed by atoms with Crippen LogP contribution in [0.5, 0.6) is 0 Å². The van der Waals surface area contributed by atoms with E-state index in [1.807, 2.05) is 41.8 Å². The summed E-state index contributed by atoms with van der Waals surface area (Å²) in [4.78, 5) is 13.3. The Kier molecular flexibility index (Phi) is 3.79. The van der Waals surface area contributed by atoms with Crippen LogP contribution in [-0.4, -0.2) is 5.91 Å². The highest BCUT2D eigenvalue weighted by atomic mass is 32.1. The first-order chi connectivity index (χ1) is 10.2. The quantitative estimate of drug-likeness (QED) is 0.738. The van der Waals surface area contributed by atoms with Crippen molar-refractivity contribution in [2.24, 2.45) is 0 Å². The average molecular weight is 297 g/mol. The molecule has 0 unspecified atom stereocenters. The second-order valence-electron chi connectivity index (χ2n) is 4.49. The normalized spacial score (nSPS) is 10.3. The molecule has 1 heterocycles. The molecule has 0 radical (unpaired) electrons. The Hall–Kier alpha value is -2.46. The second-order valence-corrected chi connectivity index (χ2v) is 5.44. The van der Waals surface area contributed by atoms with Gasteiger partial charge in [0.1, 0.15) is 5.82 Å². The number of halogens is 1. The average Bonchev–Trinajstić information content (AvgIpc) is 3.02. The van der Waals surface area contributed by atoms with Gasteiger partial charge in [-0.05, 0) is 35.7 Å². The number of hydrogen-bond acceptors (Lipinski definition) is 2. The summed E-state index contributed by atoms with van der Waals surface area (Å²) in [6.07, 6.45) is 0. The fourth-order valence-corrected chi connectivity index (χ4v) is 2.83. The van der Waals surface area contributed by atoms with Gasteiger partial charge in [0.15, 0.2) is 0 Å². The van der Waals surface area contributed by atoms with Gasteiger partial charge in [-0.1, -0.05) is 30.3 Å². The van der Waals surface area contributed by atoms with E-state index in [1.165, 1.54) is 18.2 Å². The van der Waals surface area contributed by atoms with E-state index in [0.717, 1.165) is 10.4 Å². The molecule has 0 aliphatic heterocycles. The number of para-hydroxylation sites is 1. The molecule has 0 fully saturated rings. The third-order valence-electron chi connectivity index (χ3n) is 3.05. The Morgan fingerprint density at radius 3 is 2.62 bits per heavy atom. The first-order valence-corrected chi connectivity index (χ1v) is 7.32. The number of carbonyl (C=O) groups excluding carboxylic acids is 1. The van der Waals surface area contributed by atoms with Crippen molar-refractivity contribution in [3.8, 4) is 10.4 Å². The largest absolute Gasteiger partial charge is 0.321 e. The Morgan fingerprint density at radius 2 is 1.86 bits per heavy atom. The van der Waals surface area contributed by atoms with Gasteiger partial charge in [0, 0.05) is 21.7 Å². The maximum Gasteiger partial charge on any atom is 0.255 e. The summed E-state index contributed by atoms with van der Waals surface area (Å²) in [6.45, 7) is 0. The number of anilines is 1. The monoisotopic (exact) mass is 297 g/mol. The van der Waals surface area contributed by atoms with Crippen LogP contribution in [0.3, 0.4) is 0 Å². The van der Waals surface area contributed by atoms with Gasteiger partial charge >= 0.3 is 0 Å². The van der Waals surface area contributed by atoms with Gasteiger partial charge in [-0.15, -0.1) is 11.3 Å². The third kappa shape index (κ3) is 3.01. The van der Waals surface area contributed by atoms with E-state index in [1.54, 1.807) is 17.4 Å². The molecule has 0 aliphatic rings. The molecule has 0 saturated carbocycles. The predicted octanol–water partition coefficient (Wildman–Crippen LogP) is 4.81. The van der Waals surface area contributed by atoms with Crippen molar-refractivity contribution >= 4 is 22.9 Å². The number of thiophene rings is 1. The Morgan fingerprint density at radius 1 is 1.00 bits per heavy atom. The van der Waals surface area contributed by atoms with Gasteiger partial charge in [0.25, 0.3) is 5.91 Å². The molecule has 0 spiro atoms. The Bertz CT molecular complexity index is 768. The van der Waals surface area contributed by atoms with Gasteiger partial charge in [-0.2, -0.15) is 0 Å². The summed E-state index contributed by atoms with van der Waals surface area (Å²) >= 11 is 1.60. The van der Waals surface area contributed by atoms with Crippen molar-refractivity contribution in [1.82, 2.24) is 0 Å². The van der Waals surface area contributed by atoms with Crippen LogP contribution in [0.15, 0.2) is 66.0 Å². The zero-order chi connectivity index (χ0) is 14.7. The van der Waals surface area contributed by atoms with Crippen molar-refractivity contribution in [2.75, 3.05) is 5.32 Å². The Labute approximate surface area is 125 Å². The lowest BCUT2D eigenvalue weighted by Crippen LogP contribution is -2.12. The highest BCUT2D eigenvalue weighted by Gasteiger charge is 2.11. The lowest BCUT2D eigenvalue weighted by molar-refractivity contribution is 0.102.